The van der Waals surface area contributed by atoms with Crippen molar-refractivity contribution in [3.63, 3.8) is 0 Å². The van der Waals surface area contributed by atoms with E-state index in [2.05, 4.69) is 25.4 Å². The van der Waals surface area contributed by atoms with Crippen molar-refractivity contribution >= 4 is 23.2 Å². The lowest BCUT2D eigenvalue weighted by Gasteiger charge is -2.25. The standard InChI is InChI=1S/C25H28N6O4/c1-30-20-15-18(31-10-5-12-34-13-11-31)8-9-21(20)35-16-19(25(30)33)26-24(32)23-27-22(28-29-23)14-17-6-3-2-4-7-17/h2-4,6-9,15,19H,5,10-14,16H2,1H3,(H,26,32)(H,27,28,29)/t19-/m0/s1. The normalized spacial score (nSPS) is 18.3. The Morgan fingerprint density at radius 3 is 2.89 bits per heavy atom. The average Bonchev–Trinajstić information content (AvgIpc) is 3.12. The van der Waals surface area contributed by atoms with Crippen molar-refractivity contribution < 1.29 is 19.1 Å². The van der Waals surface area contributed by atoms with Gasteiger partial charge in [0.25, 0.3) is 11.8 Å². The number of anilines is 2. The van der Waals surface area contributed by atoms with Crippen molar-refractivity contribution in [3.8, 4) is 5.75 Å². The highest BCUT2D eigenvalue weighted by Gasteiger charge is 2.32. The Balaban J connectivity index is 1.27. The molecule has 0 unspecified atom stereocenters. The zero-order chi connectivity index (χ0) is 24.2. The van der Waals surface area contributed by atoms with Gasteiger partial charge in [0.2, 0.25) is 5.82 Å². The molecule has 3 aromatic rings. The molecular weight excluding hydrogens is 448 g/mol. The van der Waals surface area contributed by atoms with Crippen molar-refractivity contribution in [1.82, 2.24) is 20.5 Å². The monoisotopic (exact) mass is 476 g/mol. The van der Waals surface area contributed by atoms with E-state index in [1.165, 1.54) is 4.90 Å². The maximum absolute atomic E-state index is 13.2. The molecule has 0 saturated carbocycles. The highest BCUT2D eigenvalue weighted by Crippen LogP contribution is 2.34. The van der Waals surface area contributed by atoms with Gasteiger partial charge in [0.15, 0.2) is 0 Å². The number of carbonyl (C=O) groups is 2. The third-order valence-electron chi connectivity index (χ3n) is 6.18. The van der Waals surface area contributed by atoms with Crippen LogP contribution in [0.25, 0.3) is 0 Å². The van der Waals surface area contributed by atoms with Crippen LogP contribution in [0.2, 0.25) is 0 Å². The molecule has 2 aliphatic rings. The van der Waals surface area contributed by atoms with Crippen molar-refractivity contribution in [3.05, 3.63) is 65.7 Å². The van der Waals surface area contributed by atoms with E-state index in [-0.39, 0.29) is 18.3 Å². The number of nitrogens with one attached hydrogen (secondary N) is 2. The van der Waals surface area contributed by atoms with Crippen molar-refractivity contribution in [2.75, 3.05) is 49.8 Å². The number of H-pyrrole nitrogens is 1. The van der Waals surface area contributed by atoms with Gasteiger partial charge < -0.3 is 24.6 Å². The van der Waals surface area contributed by atoms with Crippen LogP contribution in [0.3, 0.4) is 0 Å². The predicted molar refractivity (Wildman–Crippen MR) is 130 cm³/mol. The fourth-order valence-corrected chi connectivity index (χ4v) is 4.28. The van der Waals surface area contributed by atoms with E-state index in [1.807, 2.05) is 48.5 Å². The van der Waals surface area contributed by atoms with Gasteiger partial charge in [-0.05, 0) is 30.2 Å². The van der Waals surface area contributed by atoms with Gasteiger partial charge in [-0.3, -0.25) is 14.7 Å². The molecule has 10 nitrogen and oxygen atoms in total. The summed E-state index contributed by atoms with van der Waals surface area (Å²) in [6.07, 6.45) is 1.47. The number of hydrogen-bond donors (Lipinski definition) is 2. The SMILES string of the molecule is CN1C(=O)[C@@H](NC(=O)c2n[nH]c(Cc3ccccc3)n2)COc2ccc(N3CCCOCC3)cc21. The Labute approximate surface area is 203 Å². The Bertz CT molecular complexity index is 1190. The summed E-state index contributed by atoms with van der Waals surface area (Å²) >= 11 is 0. The maximum atomic E-state index is 13.2. The van der Waals surface area contributed by atoms with Crippen LogP contribution >= 0.6 is 0 Å². The molecule has 182 valence electrons. The molecule has 1 saturated heterocycles. The minimum absolute atomic E-state index is 0.0140. The van der Waals surface area contributed by atoms with E-state index in [0.717, 1.165) is 37.4 Å². The van der Waals surface area contributed by atoms with E-state index in [9.17, 15) is 9.59 Å². The number of likely N-dealkylation sites (N-methyl/N-ethyl adjacent to an activating group) is 1. The summed E-state index contributed by atoms with van der Waals surface area (Å²) in [6, 6.07) is 14.7. The third-order valence-corrected chi connectivity index (χ3v) is 6.18. The van der Waals surface area contributed by atoms with Gasteiger partial charge in [0.1, 0.15) is 24.2 Å². The Hall–Kier alpha value is -3.92. The molecule has 5 rings (SSSR count). The molecule has 1 atom stereocenters. The van der Waals surface area contributed by atoms with Crippen LogP contribution in [0.1, 0.15) is 28.4 Å². The number of benzene rings is 2. The molecule has 0 spiro atoms. The molecule has 2 N–H and O–H groups in total. The van der Waals surface area contributed by atoms with E-state index < -0.39 is 11.9 Å². The molecule has 0 bridgehead atoms. The molecule has 3 heterocycles. The number of nitrogens with zero attached hydrogens (tertiary/aromatic N) is 4. The lowest BCUT2D eigenvalue weighted by atomic mass is 10.1. The number of amides is 2. The number of fused-ring (bicyclic) bond motifs is 1. The third kappa shape index (κ3) is 5.12. The summed E-state index contributed by atoms with van der Waals surface area (Å²) in [5.74, 6) is 0.343. The first-order valence-corrected chi connectivity index (χ1v) is 11.7. The summed E-state index contributed by atoms with van der Waals surface area (Å²) in [7, 11) is 1.69. The fourth-order valence-electron chi connectivity index (χ4n) is 4.28. The Kier molecular flexibility index (Phi) is 6.62. The zero-order valence-corrected chi connectivity index (χ0v) is 19.6. The van der Waals surface area contributed by atoms with Gasteiger partial charge in [-0.2, -0.15) is 0 Å². The van der Waals surface area contributed by atoms with Gasteiger partial charge in [-0.25, -0.2) is 4.98 Å². The first-order valence-electron chi connectivity index (χ1n) is 11.7. The van der Waals surface area contributed by atoms with Crippen LogP contribution in [0.5, 0.6) is 5.75 Å². The summed E-state index contributed by atoms with van der Waals surface area (Å²) in [6.45, 7) is 3.12. The van der Waals surface area contributed by atoms with Crippen LogP contribution in [0.15, 0.2) is 48.5 Å². The van der Waals surface area contributed by atoms with Gasteiger partial charge in [-0.15, -0.1) is 5.10 Å². The summed E-state index contributed by atoms with van der Waals surface area (Å²) in [4.78, 5) is 34.1. The molecule has 35 heavy (non-hydrogen) atoms. The van der Waals surface area contributed by atoms with Gasteiger partial charge in [0.05, 0.1) is 12.3 Å². The van der Waals surface area contributed by atoms with Crippen molar-refractivity contribution in [2.24, 2.45) is 0 Å². The zero-order valence-electron chi connectivity index (χ0n) is 19.6. The minimum Gasteiger partial charge on any atom is -0.489 e. The quantitative estimate of drug-likeness (QED) is 0.577. The molecule has 0 radical (unpaired) electrons. The molecule has 0 aliphatic carbocycles. The predicted octanol–water partition coefficient (Wildman–Crippen LogP) is 1.78. The first kappa shape index (κ1) is 22.9. The summed E-state index contributed by atoms with van der Waals surface area (Å²) < 4.78 is 11.5. The molecule has 10 heteroatoms. The second-order valence-corrected chi connectivity index (χ2v) is 8.61. The van der Waals surface area contributed by atoms with Crippen LogP contribution in [0, 0.1) is 0 Å². The highest BCUT2D eigenvalue weighted by molar-refractivity contribution is 6.02. The fraction of sp³-hybridized carbons (Fsp3) is 0.360. The van der Waals surface area contributed by atoms with Crippen LogP contribution in [-0.4, -0.2) is 73.0 Å². The highest BCUT2D eigenvalue weighted by atomic mass is 16.5. The smallest absolute Gasteiger partial charge is 0.291 e. The van der Waals surface area contributed by atoms with Crippen LogP contribution in [-0.2, 0) is 16.0 Å². The van der Waals surface area contributed by atoms with Crippen molar-refractivity contribution in [1.29, 1.82) is 0 Å². The van der Waals surface area contributed by atoms with E-state index in [1.54, 1.807) is 7.05 Å². The molecule has 2 aromatic carbocycles. The van der Waals surface area contributed by atoms with E-state index >= 15 is 0 Å². The summed E-state index contributed by atoms with van der Waals surface area (Å²) in [5.41, 5.74) is 2.72. The maximum Gasteiger partial charge on any atom is 0.291 e. The lowest BCUT2D eigenvalue weighted by Crippen LogP contribution is -2.49. The van der Waals surface area contributed by atoms with Crippen LogP contribution < -0.4 is 19.9 Å². The number of carbonyl (C=O) groups excluding carboxylic acids is 2. The Morgan fingerprint density at radius 1 is 1.17 bits per heavy atom. The summed E-state index contributed by atoms with van der Waals surface area (Å²) in [5, 5.41) is 9.55. The second kappa shape index (κ2) is 10.1. The van der Waals surface area contributed by atoms with Gasteiger partial charge >= 0.3 is 0 Å². The first-order chi connectivity index (χ1) is 17.1. The average molecular weight is 477 g/mol. The topological polar surface area (TPSA) is 113 Å². The van der Waals surface area contributed by atoms with Gasteiger partial charge in [-0.1, -0.05) is 30.3 Å². The lowest BCUT2D eigenvalue weighted by molar-refractivity contribution is -0.120. The molecule has 1 aromatic heterocycles. The van der Waals surface area contributed by atoms with E-state index in [4.69, 9.17) is 9.47 Å². The van der Waals surface area contributed by atoms with Gasteiger partial charge in [0, 0.05) is 38.9 Å². The van der Waals surface area contributed by atoms with Crippen molar-refractivity contribution in [2.45, 2.75) is 18.9 Å². The molecular formula is C25H28N6O4. The number of hydrogen-bond acceptors (Lipinski definition) is 7. The number of aromatic nitrogens is 3. The molecule has 1 fully saturated rings. The minimum atomic E-state index is -0.869. The largest absolute Gasteiger partial charge is 0.489 e. The molecule has 2 aliphatic heterocycles. The second-order valence-electron chi connectivity index (χ2n) is 8.61. The van der Waals surface area contributed by atoms with E-state index in [0.29, 0.717) is 30.3 Å². The number of aromatic amines is 1. The Morgan fingerprint density at radius 2 is 2.03 bits per heavy atom. The number of ether oxygens (including phenoxy) is 2. The van der Waals surface area contributed by atoms with Crippen LogP contribution in [0.4, 0.5) is 11.4 Å². The number of rotatable bonds is 5. The molecule has 2 amide bonds.